The molecule has 1 fully saturated rings. The summed E-state index contributed by atoms with van der Waals surface area (Å²) in [5.41, 5.74) is 3.33. The number of H-pyrrole nitrogens is 1. The van der Waals surface area contributed by atoms with Gasteiger partial charge in [-0.05, 0) is 43.8 Å². The molecule has 1 aromatic carbocycles. The van der Waals surface area contributed by atoms with E-state index in [0.29, 0.717) is 5.69 Å². The first-order valence-corrected chi connectivity index (χ1v) is 7.48. The molecule has 0 spiro atoms. The van der Waals surface area contributed by atoms with Crippen LogP contribution < -0.4 is 10.2 Å². The molecule has 0 unspecified atom stereocenters. The Morgan fingerprint density at radius 2 is 1.86 bits per heavy atom. The highest BCUT2D eigenvalue weighted by atomic mass is 16.1. The van der Waals surface area contributed by atoms with E-state index in [-0.39, 0.29) is 5.91 Å². The monoisotopic (exact) mass is 299 g/mol. The molecule has 1 aliphatic heterocycles. The lowest BCUT2D eigenvalue weighted by atomic mass is 10.2. The molecule has 0 atom stereocenters. The third-order valence-corrected chi connectivity index (χ3v) is 4.05. The number of piperazine rings is 1. The van der Waals surface area contributed by atoms with Gasteiger partial charge in [-0.15, -0.1) is 0 Å². The van der Waals surface area contributed by atoms with E-state index in [2.05, 4.69) is 44.5 Å². The van der Waals surface area contributed by atoms with E-state index in [4.69, 9.17) is 0 Å². The molecule has 2 aromatic rings. The largest absolute Gasteiger partial charge is 0.369 e. The van der Waals surface area contributed by atoms with E-state index in [1.54, 1.807) is 6.20 Å². The third kappa shape index (κ3) is 3.12. The first kappa shape index (κ1) is 14.6. The van der Waals surface area contributed by atoms with Gasteiger partial charge in [0.25, 0.3) is 5.91 Å². The van der Waals surface area contributed by atoms with E-state index in [1.807, 2.05) is 19.1 Å². The molecule has 0 bridgehead atoms. The van der Waals surface area contributed by atoms with Crippen LogP contribution in [0.5, 0.6) is 0 Å². The minimum Gasteiger partial charge on any atom is -0.369 e. The number of carbonyl (C=O) groups excluding carboxylic acids is 1. The molecule has 22 heavy (non-hydrogen) atoms. The zero-order chi connectivity index (χ0) is 15.5. The van der Waals surface area contributed by atoms with Crippen molar-refractivity contribution in [3.8, 4) is 0 Å². The summed E-state index contributed by atoms with van der Waals surface area (Å²) in [6.45, 7) is 6.09. The molecule has 1 aliphatic rings. The number of aryl methyl sites for hydroxylation is 1. The zero-order valence-electron chi connectivity index (χ0n) is 13.0. The predicted octanol–water partition coefficient (Wildman–Crippen LogP) is 1.72. The number of amides is 1. The number of rotatable bonds is 3. The first-order chi connectivity index (χ1) is 10.6. The second-order valence-corrected chi connectivity index (χ2v) is 5.72. The van der Waals surface area contributed by atoms with Gasteiger partial charge >= 0.3 is 0 Å². The van der Waals surface area contributed by atoms with E-state index in [1.165, 1.54) is 5.69 Å². The van der Waals surface area contributed by atoms with Crippen molar-refractivity contribution in [1.29, 1.82) is 0 Å². The fourth-order valence-electron chi connectivity index (χ4n) is 2.59. The minimum atomic E-state index is -0.164. The summed E-state index contributed by atoms with van der Waals surface area (Å²) in [4.78, 5) is 16.8. The molecule has 0 saturated carbocycles. The minimum absolute atomic E-state index is 0.164. The number of likely N-dealkylation sites (N-methyl/N-ethyl adjacent to an activating group) is 1. The molecule has 2 N–H and O–H groups in total. The van der Waals surface area contributed by atoms with E-state index in [0.717, 1.165) is 37.4 Å². The predicted molar refractivity (Wildman–Crippen MR) is 87.4 cm³/mol. The Morgan fingerprint density at radius 3 is 2.45 bits per heavy atom. The highest BCUT2D eigenvalue weighted by Gasteiger charge is 2.15. The van der Waals surface area contributed by atoms with Gasteiger partial charge in [0, 0.05) is 37.6 Å². The number of nitrogens with one attached hydrogen (secondary N) is 2. The molecular weight excluding hydrogens is 278 g/mol. The van der Waals surface area contributed by atoms with Crippen LogP contribution in [-0.2, 0) is 0 Å². The van der Waals surface area contributed by atoms with E-state index >= 15 is 0 Å². The van der Waals surface area contributed by atoms with Gasteiger partial charge in [0.2, 0.25) is 0 Å². The third-order valence-electron chi connectivity index (χ3n) is 4.05. The second kappa shape index (κ2) is 6.19. The second-order valence-electron chi connectivity index (χ2n) is 5.72. The summed E-state index contributed by atoms with van der Waals surface area (Å²) < 4.78 is 0. The van der Waals surface area contributed by atoms with Crippen LogP contribution in [0.1, 0.15) is 16.1 Å². The lowest BCUT2D eigenvalue weighted by molar-refractivity contribution is 0.102. The SMILES string of the molecule is Cc1cn[nH]c1C(=O)Nc1ccc(N2CCN(C)CC2)cc1. The van der Waals surface area contributed by atoms with E-state index < -0.39 is 0 Å². The maximum Gasteiger partial charge on any atom is 0.273 e. The lowest BCUT2D eigenvalue weighted by Crippen LogP contribution is -2.44. The Hall–Kier alpha value is -2.34. The molecular formula is C16H21N5O. The van der Waals surface area contributed by atoms with Crippen molar-refractivity contribution in [1.82, 2.24) is 15.1 Å². The number of hydrogen-bond acceptors (Lipinski definition) is 4. The molecule has 1 aromatic heterocycles. The Labute approximate surface area is 130 Å². The molecule has 6 heteroatoms. The number of benzene rings is 1. The van der Waals surface area contributed by atoms with Gasteiger partial charge < -0.3 is 15.1 Å². The van der Waals surface area contributed by atoms with Crippen molar-refractivity contribution < 1.29 is 4.79 Å². The van der Waals surface area contributed by atoms with Crippen molar-refractivity contribution in [2.75, 3.05) is 43.4 Å². The Bertz CT molecular complexity index is 641. The van der Waals surface area contributed by atoms with Gasteiger partial charge in [-0.1, -0.05) is 0 Å². The van der Waals surface area contributed by atoms with Crippen LogP contribution in [0.2, 0.25) is 0 Å². The Morgan fingerprint density at radius 1 is 1.18 bits per heavy atom. The van der Waals surface area contributed by atoms with Crippen molar-refractivity contribution >= 4 is 17.3 Å². The quantitative estimate of drug-likeness (QED) is 0.906. The molecule has 1 amide bonds. The number of carbonyl (C=O) groups is 1. The van der Waals surface area contributed by atoms with Gasteiger partial charge in [0.1, 0.15) is 5.69 Å². The van der Waals surface area contributed by atoms with E-state index in [9.17, 15) is 4.79 Å². The number of nitrogens with zero attached hydrogens (tertiary/aromatic N) is 3. The topological polar surface area (TPSA) is 64.3 Å². The maximum atomic E-state index is 12.1. The molecule has 6 nitrogen and oxygen atoms in total. The van der Waals surface area contributed by atoms with Crippen LogP contribution >= 0.6 is 0 Å². The number of aromatic nitrogens is 2. The van der Waals surface area contributed by atoms with Crippen molar-refractivity contribution in [3.63, 3.8) is 0 Å². The van der Waals surface area contributed by atoms with Crippen LogP contribution in [0.3, 0.4) is 0 Å². The highest BCUT2D eigenvalue weighted by molar-refractivity contribution is 6.03. The normalized spacial score (nSPS) is 15.8. The van der Waals surface area contributed by atoms with Crippen LogP contribution in [-0.4, -0.2) is 54.2 Å². The van der Waals surface area contributed by atoms with Crippen LogP contribution in [0.25, 0.3) is 0 Å². The maximum absolute atomic E-state index is 12.1. The summed E-state index contributed by atoms with van der Waals surface area (Å²) in [5, 5.41) is 9.47. The smallest absolute Gasteiger partial charge is 0.273 e. The average Bonchev–Trinajstić information content (AvgIpc) is 2.95. The molecule has 0 radical (unpaired) electrons. The molecule has 3 rings (SSSR count). The molecule has 2 heterocycles. The summed E-state index contributed by atoms with van der Waals surface area (Å²) in [6, 6.07) is 8.00. The van der Waals surface area contributed by atoms with Gasteiger partial charge in [-0.3, -0.25) is 9.89 Å². The van der Waals surface area contributed by atoms with Gasteiger partial charge in [0.15, 0.2) is 0 Å². The lowest BCUT2D eigenvalue weighted by Gasteiger charge is -2.34. The Balaban J connectivity index is 1.64. The standard InChI is InChI=1S/C16H21N5O/c1-12-11-17-19-15(12)16(22)18-13-3-5-14(6-4-13)21-9-7-20(2)8-10-21/h3-6,11H,7-10H2,1-2H3,(H,17,19)(H,18,22). The number of anilines is 2. The van der Waals surface area contributed by atoms with Crippen LogP contribution in [0, 0.1) is 6.92 Å². The average molecular weight is 299 g/mol. The van der Waals surface area contributed by atoms with Crippen LogP contribution in [0.15, 0.2) is 30.5 Å². The highest BCUT2D eigenvalue weighted by Crippen LogP contribution is 2.19. The summed E-state index contributed by atoms with van der Waals surface area (Å²) in [5.74, 6) is -0.164. The number of aromatic amines is 1. The van der Waals surface area contributed by atoms with Crippen molar-refractivity contribution in [2.24, 2.45) is 0 Å². The van der Waals surface area contributed by atoms with Gasteiger partial charge in [-0.2, -0.15) is 5.10 Å². The zero-order valence-corrected chi connectivity index (χ0v) is 13.0. The fraction of sp³-hybridized carbons (Fsp3) is 0.375. The summed E-state index contributed by atoms with van der Waals surface area (Å²) in [6.07, 6.45) is 1.64. The fourth-order valence-corrected chi connectivity index (χ4v) is 2.59. The molecule has 116 valence electrons. The van der Waals surface area contributed by atoms with Gasteiger partial charge in [-0.25, -0.2) is 0 Å². The Kier molecular flexibility index (Phi) is 4.11. The first-order valence-electron chi connectivity index (χ1n) is 7.48. The van der Waals surface area contributed by atoms with Crippen molar-refractivity contribution in [3.05, 3.63) is 41.7 Å². The molecule has 0 aliphatic carbocycles. The summed E-state index contributed by atoms with van der Waals surface area (Å²) in [7, 11) is 2.15. The van der Waals surface area contributed by atoms with Crippen LogP contribution in [0.4, 0.5) is 11.4 Å². The summed E-state index contributed by atoms with van der Waals surface area (Å²) >= 11 is 0. The molecule has 1 saturated heterocycles. The van der Waals surface area contributed by atoms with Gasteiger partial charge in [0.05, 0.1) is 6.20 Å². The van der Waals surface area contributed by atoms with Crippen molar-refractivity contribution in [2.45, 2.75) is 6.92 Å². The number of hydrogen-bond donors (Lipinski definition) is 2.